The maximum absolute atomic E-state index is 12.9. The Hall–Kier alpha value is -2.65. The van der Waals surface area contributed by atoms with Crippen LogP contribution in [0, 0.1) is 10.1 Å². The molecule has 0 radical (unpaired) electrons. The lowest BCUT2D eigenvalue weighted by Gasteiger charge is -2.22. The molecule has 0 saturated heterocycles. The van der Waals surface area contributed by atoms with Crippen LogP contribution < -0.4 is 0 Å². The van der Waals surface area contributed by atoms with Crippen LogP contribution in [0.1, 0.15) is 18.7 Å². The highest BCUT2D eigenvalue weighted by molar-refractivity contribution is 7.89. The van der Waals surface area contributed by atoms with Crippen molar-refractivity contribution in [3.05, 3.63) is 58.7 Å². The van der Waals surface area contributed by atoms with E-state index < -0.39 is 21.0 Å². The molecule has 3 rings (SSSR count). The van der Waals surface area contributed by atoms with Gasteiger partial charge in [-0.3, -0.25) is 10.1 Å². The smallest absolute Gasteiger partial charge is 0.271 e. The number of aromatic amines is 1. The van der Waals surface area contributed by atoms with E-state index in [4.69, 9.17) is 4.42 Å². The van der Waals surface area contributed by atoms with Crippen molar-refractivity contribution in [3.8, 4) is 0 Å². The molecule has 0 aliphatic carbocycles. The Morgan fingerprint density at radius 1 is 1.33 bits per heavy atom. The van der Waals surface area contributed by atoms with Crippen molar-refractivity contribution in [2.75, 3.05) is 7.05 Å². The molecule has 126 valence electrons. The fourth-order valence-electron chi connectivity index (χ4n) is 2.49. The lowest BCUT2D eigenvalue weighted by molar-refractivity contribution is -0.384. The van der Waals surface area contributed by atoms with Gasteiger partial charge in [0.05, 0.1) is 22.7 Å². The van der Waals surface area contributed by atoms with Crippen molar-refractivity contribution >= 4 is 26.6 Å². The number of non-ortho nitro benzene ring substituents is 1. The van der Waals surface area contributed by atoms with Gasteiger partial charge in [-0.2, -0.15) is 4.31 Å². The van der Waals surface area contributed by atoms with Crippen molar-refractivity contribution < 1.29 is 17.8 Å². The molecule has 0 fully saturated rings. The van der Waals surface area contributed by atoms with Crippen LogP contribution in [0.2, 0.25) is 0 Å². The lowest BCUT2D eigenvalue weighted by atomic mass is 10.2. The molecule has 0 bridgehead atoms. The van der Waals surface area contributed by atoms with Gasteiger partial charge < -0.3 is 9.40 Å². The van der Waals surface area contributed by atoms with Gasteiger partial charge in [-0.15, -0.1) is 0 Å². The molecule has 3 aromatic rings. The van der Waals surface area contributed by atoms with Gasteiger partial charge in [0.25, 0.3) is 5.69 Å². The number of hydrogen-bond acceptors (Lipinski definition) is 5. The number of nitro groups is 1. The highest BCUT2D eigenvalue weighted by Gasteiger charge is 2.30. The number of hydrogen-bond donors (Lipinski definition) is 1. The van der Waals surface area contributed by atoms with Gasteiger partial charge >= 0.3 is 0 Å². The number of furan rings is 1. The van der Waals surface area contributed by atoms with Gasteiger partial charge in [-0.1, -0.05) is 0 Å². The number of rotatable bonds is 5. The van der Waals surface area contributed by atoms with Gasteiger partial charge in [-0.25, -0.2) is 8.42 Å². The molecule has 1 N–H and O–H groups in total. The number of nitrogens with zero attached hydrogens (tertiary/aromatic N) is 2. The molecule has 2 aromatic heterocycles. The largest absolute Gasteiger partial charge is 0.468 e. The number of sulfonamides is 1. The van der Waals surface area contributed by atoms with Crippen molar-refractivity contribution in [1.29, 1.82) is 0 Å². The molecule has 2 heterocycles. The molecule has 9 heteroatoms. The van der Waals surface area contributed by atoms with Gasteiger partial charge in [0.1, 0.15) is 10.7 Å². The second-order valence-electron chi connectivity index (χ2n) is 5.35. The van der Waals surface area contributed by atoms with Crippen molar-refractivity contribution in [2.45, 2.75) is 17.9 Å². The normalized spacial score (nSPS) is 13.5. The third-order valence-corrected chi connectivity index (χ3v) is 5.96. The maximum Gasteiger partial charge on any atom is 0.271 e. The van der Waals surface area contributed by atoms with Crippen LogP contribution in [0.3, 0.4) is 0 Å². The Kier molecular flexibility index (Phi) is 3.90. The first-order valence-electron chi connectivity index (χ1n) is 7.09. The number of benzene rings is 1. The van der Waals surface area contributed by atoms with E-state index in [-0.39, 0.29) is 10.6 Å². The molecule has 1 aromatic carbocycles. The van der Waals surface area contributed by atoms with Gasteiger partial charge in [-0.05, 0) is 25.1 Å². The number of nitro benzene ring substituents is 1. The minimum atomic E-state index is -3.81. The zero-order valence-electron chi connectivity index (χ0n) is 13.0. The summed E-state index contributed by atoms with van der Waals surface area (Å²) in [5.74, 6) is 0.525. The van der Waals surface area contributed by atoms with Crippen LogP contribution >= 0.6 is 0 Å². The Labute approximate surface area is 137 Å². The van der Waals surface area contributed by atoms with Crippen LogP contribution in [-0.4, -0.2) is 29.7 Å². The molecule has 0 aliphatic rings. The molecule has 8 nitrogen and oxygen atoms in total. The highest BCUT2D eigenvalue weighted by atomic mass is 32.2. The van der Waals surface area contributed by atoms with Crippen LogP contribution in [0.4, 0.5) is 5.69 Å². The van der Waals surface area contributed by atoms with Crippen molar-refractivity contribution in [2.24, 2.45) is 0 Å². The summed E-state index contributed by atoms with van der Waals surface area (Å²) in [4.78, 5) is 13.2. The van der Waals surface area contributed by atoms with E-state index in [1.54, 1.807) is 19.1 Å². The summed E-state index contributed by atoms with van der Waals surface area (Å²) in [5, 5.41) is 11.2. The predicted octanol–water partition coefficient (Wildman–Crippen LogP) is 3.05. The van der Waals surface area contributed by atoms with Gasteiger partial charge in [0.15, 0.2) is 0 Å². The quantitative estimate of drug-likeness (QED) is 0.562. The van der Waals surface area contributed by atoms with E-state index in [2.05, 4.69) is 4.98 Å². The first kappa shape index (κ1) is 16.2. The van der Waals surface area contributed by atoms with Crippen LogP contribution in [0.15, 0.2) is 52.1 Å². The minimum Gasteiger partial charge on any atom is -0.468 e. The zero-order chi connectivity index (χ0) is 17.5. The first-order valence-corrected chi connectivity index (χ1v) is 8.53. The fraction of sp³-hybridized carbons (Fsp3) is 0.200. The SMILES string of the molecule is C[C@H](c1ccco1)N(C)S(=O)(=O)c1c[nH]c2cc([N+](=O)[O-])ccc12. The summed E-state index contributed by atoms with van der Waals surface area (Å²) in [6, 6.07) is 6.93. The topological polar surface area (TPSA) is 109 Å². The molecule has 0 spiro atoms. The number of nitrogens with one attached hydrogen (secondary N) is 1. The molecular weight excluding hydrogens is 334 g/mol. The van der Waals surface area contributed by atoms with Crippen LogP contribution in [-0.2, 0) is 10.0 Å². The van der Waals surface area contributed by atoms with E-state index in [1.165, 1.54) is 42.0 Å². The fourth-order valence-corrected chi connectivity index (χ4v) is 3.98. The van der Waals surface area contributed by atoms with Gasteiger partial charge in [0.2, 0.25) is 10.0 Å². The number of fused-ring (bicyclic) bond motifs is 1. The van der Waals surface area contributed by atoms with E-state index in [9.17, 15) is 18.5 Å². The number of H-pyrrole nitrogens is 1. The standard InChI is InChI=1S/C15H15N3O5S/c1-10(14-4-3-7-23-14)17(2)24(21,22)15-9-16-13-8-11(18(19)20)5-6-12(13)15/h3-10,16H,1-2H3/t10-/m1/s1. The van der Waals surface area contributed by atoms with Gasteiger partial charge in [0, 0.05) is 30.8 Å². The van der Waals surface area contributed by atoms with Crippen molar-refractivity contribution in [3.63, 3.8) is 0 Å². The van der Waals surface area contributed by atoms with E-state index in [0.29, 0.717) is 16.7 Å². The molecule has 0 amide bonds. The third kappa shape index (κ3) is 2.57. The summed E-state index contributed by atoms with van der Waals surface area (Å²) in [6.07, 6.45) is 2.83. The zero-order valence-corrected chi connectivity index (χ0v) is 13.8. The minimum absolute atomic E-state index is 0.0632. The second-order valence-corrected chi connectivity index (χ2v) is 7.32. The maximum atomic E-state index is 12.9. The second kappa shape index (κ2) is 5.77. The van der Waals surface area contributed by atoms with Crippen LogP contribution in [0.5, 0.6) is 0 Å². The summed E-state index contributed by atoms with van der Waals surface area (Å²) in [5.41, 5.74) is 0.285. The molecular formula is C15H15N3O5S. The van der Waals surface area contributed by atoms with Crippen molar-refractivity contribution in [1.82, 2.24) is 9.29 Å². The molecule has 0 aliphatic heterocycles. The molecule has 0 unspecified atom stereocenters. The van der Waals surface area contributed by atoms with E-state index >= 15 is 0 Å². The lowest BCUT2D eigenvalue weighted by Crippen LogP contribution is -2.29. The Balaban J connectivity index is 2.03. The van der Waals surface area contributed by atoms with E-state index in [1.807, 2.05) is 0 Å². The molecule has 1 atom stereocenters. The summed E-state index contributed by atoms with van der Waals surface area (Å²) >= 11 is 0. The average molecular weight is 349 g/mol. The highest BCUT2D eigenvalue weighted by Crippen LogP contribution is 2.31. The Morgan fingerprint density at radius 3 is 2.71 bits per heavy atom. The third-order valence-electron chi connectivity index (χ3n) is 4.00. The first-order chi connectivity index (χ1) is 11.3. The monoisotopic (exact) mass is 349 g/mol. The van der Waals surface area contributed by atoms with Crippen LogP contribution in [0.25, 0.3) is 10.9 Å². The Bertz CT molecular complexity index is 991. The molecule has 24 heavy (non-hydrogen) atoms. The molecule has 0 saturated carbocycles. The number of aromatic nitrogens is 1. The summed E-state index contributed by atoms with van der Waals surface area (Å²) in [7, 11) is -2.34. The van der Waals surface area contributed by atoms with E-state index in [0.717, 1.165) is 0 Å². The Morgan fingerprint density at radius 2 is 2.08 bits per heavy atom. The summed E-state index contributed by atoms with van der Waals surface area (Å²) < 4.78 is 32.3. The average Bonchev–Trinajstić information content (AvgIpc) is 3.22. The summed E-state index contributed by atoms with van der Waals surface area (Å²) in [6.45, 7) is 1.72. The predicted molar refractivity (Wildman–Crippen MR) is 87.0 cm³/mol.